The highest BCUT2D eigenvalue weighted by Gasteiger charge is 2.16. The van der Waals surface area contributed by atoms with Crippen LogP contribution in [0.3, 0.4) is 0 Å². The topological polar surface area (TPSA) is 68.0 Å². The number of benzene rings is 1. The van der Waals surface area contributed by atoms with Gasteiger partial charge in [0.2, 0.25) is 5.91 Å². The second kappa shape index (κ2) is 6.03. The average Bonchev–Trinajstić information content (AvgIpc) is 3.06. The van der Waals surface area contributed by atoms with Crippen molar-refractivity contribution < 1.29 is 4.79 Å². The van der Waals surface area contributed by atoms with Gasteiger partial charge in [0.05, 0.1) is 5.52 Å². The summed E-state index contributed by atoms with van der Waals surface area (Å²) in [6, 6.07) is 13.0. The van der Waals surface area contributed by atoms with Crippen molar-refractivity contribution in [1.29, 1.82) is 0 Å². The van der Waals surface area contributed by atoms with E-state index in [4.69, 9.17) is 5.73 Å². The van der Waals surface area contributed by atoms with Crippen LogP contribution < -0.4 is 11.1 Å². The Kier molecular flexibility index (Phi) is 3.94. The molecule has 0 saturated carbocycles. The molecule has 3 N–H and O–H groups in total. The standard InChI is InChI=1S/C16H15N3OS/c17-14(13-7-3-9-21-13)16(20)19-10-12-5-1-4-11-6-2-8-18-15(11)12/h1-9,14H,10,17H2,(H,19,20). The third-order valence-electron chi connectivity index (χ3n) is 3.30. The Morgan fingerprint density at radius 2 is 2.10 bits per heavy atom. The van der Waals surface area contributed by atoms with Gasteiger partial charge >= 0.3 is 0 Å². The van der Waals surface area contributed by atoms with Gasteiger partial charge in [-0.1, -0.05) is 30.3 Å². The molecule has 3 rings (SSSR count). The van der Waals surface area contributed by atoms with Crippen molar-refractivity contribution in [3.05, 3.63) is 64.5 Å². The fraction of sp³-hybridized carbons (Fsp3) is 0.125. The Morgan fingerprint density at radius 3 is 2.90 bits per heavy atom. The summed E-state index contributed by atoms with van der Waals surface area (Å²) in [5, 5.41) is 5.86. The predicted octanol–water partition coefficient (Wildman–Crippen LogP) is 2.61. The smallest absolute Gasteiger partial charge is 0.242 e. The van der Waals surface area contributed by atoms with Crippen LogP contribution in [0.5, 0.6) is 0 Å². The quantitative estimate of drug-likeness (QED) is 0.778. The molecule has 2 heterocycles. The Hall–Kier alpha value is -2.24. The van der Waals surface area contributed by atoms with Crippen LogP contribution in [0, 0.1) is 0 Å². The van der Waals surface area contributed by atoms with Gasteiger partial charge in [0.15, 0.2) is 0 Å². The van der Waals surface area contributed by atoms with E-state index < -0.39 is 6.04 Å². The molecule has 2 aromatic heterocycles. The maximum absolute atomic E-state index is 12.1. The summed E-state index contributed by atoms with van der Waals surface area (Å²) in [7, 11) is 0. The minimum absolute atomic E-state index is 0.176. The number of thiophene rings is 1. The largest absolute Gasteiger partial charge is 0.350 e. The molecule has 1 atom stereocenters. The lowest BCUT2D eigenvalue weighted by Crippen LogP contribution is -2.33. The van der Waals surface area contributed by atoms with E-state index in [1.54, 1.807) is 6.20 Å². The summed E-state index contributed by atoms with van der Waals surface area (Å²) < 4.78 is 0. The lowest BCUT2D eigenvalue weighted by atomic mass is 10.1. The number of nitrogens with two attached hydrogens (primary N) is 1. The van der Waals surface area contributed by atoms with Gasteiger partial charge < -0.3 is 11.1 Å². The molecule has 0 saturated heterocycles. The van der Waals surface area contributed by atoms with E-state index >= 15 is 0 Å². The first kappa shape index (κ1) is 13.7. The number of fused-ring (bicyclic) bond motifs is 1. The van der Waals surface area contributed by atoms with E-state index in [1.165, 1.54) is 11.3 Å². The molecule has 1 aromatic carbocycles. The van der Waals surface area contributed by atoms with Crippen LogP contribution in [0.25, 0.3) is 10.9 Å². The van der Waals surface area contributed by atoms with Gasteiger partial charge in [-0.25, -0.2) is 0 Å². The Labute approximate surface area is 126 Å². The third kappa shape index (κ3) is 2.94. The fourth-order valence-electron chi connectivity index (χ4n) is 2.20. The SMILES string of the molecule is NC(C(=O)NCc1cccc2cccnc12)c1cccs1. The van der Waals surface area contributed by atoms with Gasteiger partial charge in [0, 0.05) is 23.0 Å². The lowest BCUT2D eigenvalue weighted by molar-refractivity contribution is -0.122. The number of nitrogens with zero attached hydrogens (tertiary/aromatic N) is 1. The molecule has 4 nitrogen and oxygen atoms in total. The number of para-hydroxylation sites is 1. The van der Waals surface area contributed by atoms with Crippen LogP contribution in [0.2, 0.25) is 0 Å². The first-order valence-electron chi connectivity index (χ1n) is 6.65. The molecular formula is C16H15N3OS. The average molecular weight is 297 g/mol. The number of pyridine rings is 1. The van der Waals surface area contributed by atoms with Crippen LogP contribution in [0.15, 0.2) is 54.0 Å². The summed E-state index contributed by atoms with van der Waals surface area (Å²) in [6.45, 7) is 0.423. The van der Waals surface area contributed by atoms with Crippen molar-refractivity contribution in [1.82, 2.24) is 10.3 Å². The maximum Gasteiger partial charge on any atom is 0.242 e. The second-order valence-corrected chi connectivity index (χ2v) is 5.68. The van der Waals surface area contributed by atoms with Gasteiger partial charge in [-0.15, -0.1) is 11.3 Å². The van der Waals surface area contributed by atoms with Crippen molar-refractivity contribution >= 4 is 28.1 Å². The zero-order valence-corrected chi connectivity index (χ0v) is 12.1. The van der Waals surface area contributed by atoms with E-state index in [9.17, 15) is 4.79 Å². The zero-order chi connectivity index (χ0) is 14.7. The number of hydrogen-bond acceptors (Lipinski definition) is 4. The minimum atomic E-state index is -0.618. The molecule has 0 fully saturated rings. The molecule has 0 aliphatic heterocycles. The van der Waals surface area contributed by atoms with E-state index in [2.05, 4.69) is 10.3 Å². The van der Waals surface area contributed by atoms with Crippen molar-refractivity contribution in [2.75, 3.05) is 0 Å². The highest BCUT2D eigenvalue weighted by atomic mass is 32.1. The lowest BCUT2D eigenvalue weighted by Gasteiger charge is -2.11. The number of rotatable bonds is 4. The van der Waals surface area contributed by atoms with Gasteiger partial charge in [-0.2, -0.15) is 0 Å². The molecule has 1 amide bonds. The molecule has 0 aliphatic rings. The number of carbonyl (C=O) groups excluding carboxylic acids is 1. The molecule has 5 heteroatoms. The summed E-state index contributed by atoms with van der Waals surface area (Å²) >= 11 is 1.49. The van der Waals surface area contributed by atoms with E-state index in [1.807, 2.05) is 47.8 Å². The number of hydrogen-bond donors (Lipinski definition) is 2. The Morgan fingerprint density at radius 1 is 1.24 bits per heavy atom. The van der Waals surface area contributed by atoms with Crippen molar-refractivity contribution in [3.63, 3.8) is 0 Å². The maximum atomic E-state index is 12.1. The number of aromatic nitrogens is 1. The van der Waals surface area contributed by atoms with Gasteiger partial charge in [-0.3, -0.25) is 9.78 Å². The van der Waals surface area contributed by atoms with Crippen molar-refractivity contribution in [3.8, 4) is 0 Å². The highest BCUT2D eigenvalue weighted by Crippen LogP contribution is 2.18. The van der Waals surface area contributed by atoms with Crippen LogP contribution in [0.4, 0.5) is 0 Å². The third-order valence-corrected chi connectivity index (χ3v) is 4.26. The summed E-state index contributed by atoms with van der Waals surface area (Å²) in [5.41, 5.74) is 7.84. The molecular weight excluding hydrogens is 282 g/mol. The molecule has 106 valence electrons. The summed E-state index contributed by atoms with van der Waals surface area (Å²) in [6.07, 6.45) is 1.75. The van der Waals surface area contributed by atoms with Crippen LogP contribution in [-0.4, -0.2) is 10.9 Å². The van der Waals surface area contributed by atoms with E-state index in [0.717, 1.165) is 21.3 Å². The second-order valence-electron chi connectivity index (χ2n) is 4.70. The number of nitrogens with one attached hydrogen (secondary N) is 1. The molecule has 0 bridgehead atoms. The summed E-state index contributed by atoms with van der Waals surface area (Å²) in [5.74, 6) is -0.176. The zero-order valence-electron chi connectivity index (χ0n) is 11.3. The van der Waals surface area contributed by atoms with Gasteiger partial charge in [0.1, 0.15) is 6.04 Å². The monoisotopic (exact) mass is 297 g/mol. The fourth-order valence-corrected chi connectivity index (χ4v) is 2.92. The number of carbonyl (C=O) groups is 1. The van der Waals surface area contributed by atoms with Crippen LogP contribution in [-0.2, 0) is 11.3 Å². The van der Waals surface area contributed by atoms with Crippen molar-refractivity contribution in [2.45, 2.75) is 12.6 Å². The van der Waals surface area contributed by atoms with Crippen LogP contribution in [0.1, 0.15) is 16.5 Å². The molecule has 21 heavy (non-hydrogen) atoms. The van der Waals surface area contributed by atoms with E-state index in [-0.39, 0.29) is 5.91 Å². The molecule has 3 aromatic rings. The highest BCUT2D eigenvalue weighted by molar-refractivity contribution is 7.10. The molecule has 0 spiro atoms. The minimum Gasteiger partial charge on any atom is -0.350 e. The molecule has 1 unspecified atom stereocenters. The normalized spacial score (nSPS) is 12.2. The predicted molar refractivity (Wildman–Crippen MR) is 84.8 cm³/mol. The van der Waals surface area contributed by atoms with Gasteiger partial charge in [-0.05, 0) is 23.1 Å². The van der Waals surface area contributed by atoms with E-state index in [0.29, 0.717) is 6.54 Å². The number of amides is 1. The molecule has 0 radical (unpaired) electrons. The first-order chi connectivity index (χ1) is 10.3. The molecule has 0 aliphatic carbocycles. The first-order valence-corrected chi connectivity index (χ1v) is 7.53. The van der Waals surface area contributed by atoms with Crippen LogP contribution >= 0.6 is 11.3 Å². The Bertz CT molecular complexity index is 750. The van der Waals surface area contributed by atoms with Gasteiger partial charge in [0.25, 0.3) is 0 Å². The van der Waals surface area contributed by atoms with Crippen molar-refractivity contribution in [2.24, 2.45) is 5.73 Å². The Balaban J connectivity index is 1.73. The summed E-state index contributed by atoms with van der Waals surface area (Å²) in [4.78, 5) is 17.3.